The molecule has 0 saturated heterocycles. The molecule has 0 spiro atoms. The quantitative estimate of drug-likeness (QED) is 0.163. The van der Waals surface area contributed by atoms with Gasteiger partial charge in [0.05, 0.1) is 44.2 Å². The van der Waals surface area contributed by atoms with Gasteiger partial charge in [0, 0.05) is 68.2 Å². The Hall–Kier alpha value is -7.53. The predicted octanol–water partition coefficient (Wildman–Crippen LogP) is 14.3. The second kappa shape index (κ2) is 12.5. The second-order valence-corrected chi connectivity index (χ2v) is 15.9. The van der Waals surface area contributed by atoms with Crippen LogP contribution in [-0.2, 0) is 26.4 Å². The van der Waals surface area contributed by atoms with Gasteiger partial charge in [-0.15, -0.1) is 0 Å². The van der Waals surface area contributed by atoms with Crippen LogP contribution in [0, 0.1) is 0 Å². The minimum Gasteiger partial charge on any atom is -0.342 e. The summed E-state index contributed by atoms with van der Waals surface area (Å²) in [6.07, 6.45) is -10.1. The maximum Gasteiger partial charge on any atom is 0.416 e. The number of pyridine rings is 1. The van der Waals surface area contributed by atoms with Crippen LogP contribution in [0.15, 0.2) is 152 Å². The van der Waals surface area contributed by atoms with E-state index < -0.39 is 23.5 Å². The van der Waals surface area contributed by atoms with Crippen molar-refractivity contribution in [1.82, 2.24) is 23.3 Å². The van der Waals surface area contributed by atoms with Gasteiger partial charge in [-0.3, -0.25) is 9.13 Å². The fraction of sp³-hybridized carbons (Fsp3) is 0.0784. The van der Waals surface area contributed by atoms with E-state index in [0.29, 0.717) is 11.6 Å². The predicted molar refractivity (Wildman–Crippen MR) is 236 cm³/mol. The topological polar surface area (TPSA) is 32.6 Å². The number of halogens is 6. The molecular weight excluding hydrogens is 797 g/mol. The highest BCUT2D eigenvalue weighted by Crippen LogP contribution is 2.44. The summed E-state index contributed by atoms with van der Waals surface area (Å²) in [4.78, 5) is 5.43. The van der Waals surface area contributed by atoms with E-state index in [4.69, 9.17) is 4.98 Å². The first kappa shape index (κ1) is 36.3. The van der Waals surface area contributed by atoms with Crippen molar-refractivity contribution in [2.24, 2.45) is 14.1 Å². The van der Waals surface area contributed by atoms with E-state index in [9.17, 15) is 26.3 Å². The van der Waals surface area contributed by atoms with E-state index in [1.807, 2.05) is 108 Å². The van der Waals surface area contributed by atoms with Gasteiger partial charge in [-0.2, -0.15) is 26.3 Å². The van der Waals surface area contributed by atoms with Crippen molar-refractivity contribution in [1.29, 1.82) is 0 Å². The zero-order chi connectivity index (χ0) is 42.4. The molecule has 5 nitrogen and oxygen atoms in total. The summed E-state index contributed by atoms with van der Waals surface area (Å²) < 4.78 is 95.3. The van der Waals surface area contributed by atoms with Crippen molar-refractivity contribution in [3.05, 3.63) is 163 Å². The van der Waals surface area contributed by atoms with Crippen LogP contribution in [0.3, 0.4) is 0 Å². The fourth-order valence-corrected chi connectivity index (χ4v) is 9.92. The van der Waals surface area contributed by atoms with Gasteiger partial charge >= 0.3 is 12.4 Å². The Balaban J connectivity index is 1.28. The number of para-hydroxylation sites is 4. The molecule has 62 heavy (non-hydrogen) atoms. The molecule has 11 heteroatoms. The van der Waals surface area contributed by atoms with Crippen molar-refractivity contribution in [2.45, 2.75) is 12.4 Å². The smallest absolute Gasteiger partial charge is 0.342 e. The average Bonchev–Trinajstić information content (AvgIpc) is 3.98. The van der Waals surface area contributed by atoms with Gasteiger partial charge in [0.15, 0.2) is 0 Å². The van der Waals surface area contributed by atoms with Gasteiger partial charge in [0.2, 0.25) is 0 Å². The monoisotopic (exact) mass is 827 g/mol. The number of hydrogen-bond acceptors (Lipinski definition) is 1. The van der Waals surface area contributed by atoms with Crippen LogP contribution in [0.2, 0.25) is 0 Å². The molecule has 0 aliphatic heterocycles. The van der Waals surface area contributed by atoms with Crippen molar-refractivity contribution >= 4 is 87.2 Å². The van der Waals surface area contributed by atoms with Crippen LogP contribution < -0.4 is 0 Å². The maximum atomic E-state index is 14.5. The lowest BCUT2D eigenvalue weighted by atomic mass is 9.99. The van der Waals surface area contributed by atoms with Gasteiger partial charge in [-0.05, 0) is 65.7 Å². The van der Waals surface area contributed by atoms with Crippen LogP contribution >= 0.6 is 0 Å². The van der Waals surface area contributed by atoms with Gasteiger partial charge in [-0.25, -0.2) is 4.98 Å². The van der Waals surface area contributed by atoms with E-state index in [2.05, 4.69) is 45.5 Å². The zero-order valence-corrected chi connectivity index (χ0v) is 32.9. The molecule has 302 valence electrons. The molecule has 0 N–H and O–H groups in total. The third-order valence-electron chi connectivity index (χ3n) is 12.6. The van der Waals surface area contributed by atoms with Crippen LogP contribution in [0.1, 0.15) is 11.1 Å². The SMILES string of the molecule is Cn1c2ccccc2c2ccc3c4ccccc4n(-c4cc(-c5cc(C(F)(F)F)cc(C(F)(F)F)c5)cc(-n5c6ccccc6c6ccc7c8ccccc8n(C)c7c65)n4)c3c21. The molecule has 12 rings (SSSR count). The van der Waals surface area contributed by atoms with Gasteiger partial charge in [0.1, 0.15) is 11.6 Å². The Labute approximate surface area is 347 Å². The number of hydrogen-bond donors (Lipinski definition) is 0. The number of aromatic nitrogens is 5. The number of benzene rings is 7. The number of fused-ring (bicyclic) bond motifs is 14. The first-order valence-electron chi connectivity index (χ1n) is 20.0. The standard InChI is InChI=1S/C51H31F6N5/c1-59-40-15-7-3-11-32(40)36-19-21-38-34-13-5-9-17-42(34)61(48(38)46(36)59)44-25-29(28-23-30(50(52,53)54)27-31(24-28)51(55,56)57)26-45(58-44)62-43-18-10-6-14-35(43)39-22-20-37-33-12-4-8-16-41(33)60(2)47(37)49(39)62/h3-27H,1-2H3. The molecule has 0 bridgehead atoms. The Morgan fingerprint density at radius 3 is 1.06 bits per heavy atom. The molecule has 0 saturated carbocycles. The van der Waals surface area contributed by atoms with Crippen LogP contribution in [0.4, 0.5) is 26.3 Å². The third-order valence-corrected chi connectivity index (χ3v) is 12.6. The third kappa shape index (κ3) is 5.02. The molecule has 0 aliphatic rings. The minimum atomic E-state index is -5.05. The summed E-state index contributed by atoms with van der Waals surface area (Å²) in [5.74, 6) is 0.644. The van der Waals surface area contributed by atoms with Crippen LogP contribution in [-0.4, -0.2) is 23.3 Å². The molecule has 0 fully saturated rings. The second-order valence-electron chi connectivity index (χ2n) is 15.9. The van der Waals surface area contributed by atoms with Crippen molar-refractivity contribution in [3.8, 4) is 22.8 Å². The molecule has 0 atom stereocenters. The Kier molecular flexibility index (Phi) is 7.33. The largest absolute Gasteiger partial charge is 0.416 e. The zero-order valence-electron chi connectivity index (χ0n) is 32.9. The number of nitrogens with zero attached hydrogens (tertiary/aromatic N) is 5. The molecule has 0 amide bonds. The summed E-state index contributed by atoms with van der Waals surface area (Å²) in [7, 11) is 3.99. The summed E-state index contributed by atoms with van der Waals surface area (Å²) in [5, 5.41) is 7.72. The summed E-state index contributed by atoms with van der Waals surface area (Å²) in [6.45, 7) is 0. The maximum absolute atomic E-state index is 14.5. The molecule has 5 aromatic heterocycles. The summed E-state index contributed by atoms with van der Waals surface area (Å²) in [6, 6.07) is 45.1. The van der Waals surface area contributed by atoms with Crippen molar-refractivity contribution < 1.29 is 26.3 Å². The average molecular weight is 828 g/mol. The first-order chi connectivity index (χ1) is 29.9. The van der Waals surface area contributed by atoms with E-state index in [0.717, 1.165) is 99.4 Å². The van der Waals surface area contributed by atoms with Crippen LogP contribution in [0.25, 0.3) is 110 Å². The van der Waals surface area contributed by atoms with Crippen molar-refractivity contribution in [3.63, 3.8) is 0 Å². The number of alkyl halides is 6. The lowest BCUT2D eigenvalue weighted by Crippen LogP contribution is -2.11. The normalized spacial score (nSPS) is 12.8. The Morgan fingerprint density at radius 2 is 0.677 bits per heavy atom. The molecule has 0 unspecified atom stereocenters. The lowest BCUT2D eigenvalue weighted by Gasteiger charge is -2.18. The van der Waals surface area contributed by atoms with E-state index >= 15 is 0 Å². The molecule has 0 radical (unpaired) electrons. The highest BCUT2D eigenvalue weighted by Gasteiger charge is 2.37. The van der Waals surface area contributed by atoms with Crippen LogP contribution in [0.5, 0.6) is 0 Å². The number of aryl methyl sites for hydroxylation is 2. The molecule has 7 aromatic carbocycles. The fourth-order valence-electron chi connectivity index (χ4n) is 9.92. The number of rotatable bonds is 3. The minimum absolute atomic E-state index is 0.131. The molecular formula is C51H31F6N5. The molecule has 5 heterocycles. The summed E-state index contributed by atoms with van der Waals surface area (Å²) >= 11 is 0. The van der Waals surface area contributed by atoms with E-state index in [1.54, 1.807) is 12.1 Å². The highest BCUT2D eigenvalue weighted by molar-refractivity contribution is 6.24. The molecule has 0 aliphatic carbocycles. The Bertz CT molecular complexity index is 3630. The molecule has 12 aromatic rings. The highest BCUT2D eigenvalue weighted by atomic mass is 19.4. The van der Waals surface area contributed by atoms with E-state index in [1.165, 1.54) is 0 Å². The lowest BCUT2D eigenvalue weighted by molar-refractivity contribution is -0.143. The summed E-state index contributed by atoms with van der Waals surface area (Å²) in [5.41, 5.74) is 4.05. The van der Waals surface area contributed by atoms with Gasteiger partial charge in [0.25, 0.3) is 0 Å². The van der Waals surface area contributed by atoms with E-state index in [-0.39, 0.29) is 17.2 Å². The Morgan fingerprint density at radius 1 is 0.355 bits per heavy atom. The van der Waals surface area contributed by atoms with Crippen molar-refractivity contribution in [2.75, 3.05) is 0 Å². The first-order valence-corrected chi connectivity index (χ1v) is 20.0. The van der Waals surface area contributed by atoms with Gasteiger partial charge < -0.3 is 9.13 Å². The van der Waals surface area contributed by atoms with Gasteiger partial charge in [-0.1, -0.05) is 97.1 Å².